The van der Waals surface area contributed by atoms with Crippen LogP contribution in [0, 0.1) is 17.8 Å². The van der Waals surface area contributed by atoms with E-state index >= 15 is 0 Å². The Labute approximate surface area is 154 Å². The monoisotopic (exact) mass is 354 g/mol. The minimum atomic E-state index is -0.596. The summed E-state index contributed by atoms with van der Waals surface area (Å²) < 4.78 is 5.23. The Kier molecular flexibility index (Phi) is 3.86. The predicted molar refractivity (Wildman–Crippen MR) is 98.5 cm³/mol. The van der Waals surface area contributed by atoms with Crippen molar-refractivity contribution < 1.29 is 14.3 Å². The van der Waals surface area contributed by atoms with Gasteiger partial charge in [0, 0.05) is 5.54 Å². The molecular weight excluding hydrogens is 328 g/mol. The Bertz CT molecular complexity index is 762. The lowest BCUT2D eigenvalue weighted by Gasteiger charge is -2.51. The summed E-state index contributed by atoms with van der Waals surface area (Å²) in [6.07, 6.45) is 5.44. The van der Waals surface area contributed by atoms with E-state index in [9.17, 15) is 9.59 Å². The lowest BCUT2D eigenvalue weighted by molar-refractivity contribution is -0.166. The van der Waals surface area contributed by atoms with E-state index in [0.29, 0.717) is 11.8 Å². The normalized spacial score (nSPS) is 30.0. The molecule has 1 aromatic carbocycles. The van der Waals surface area contributed by atoms with Crippen LogP contribution in [0.25, 0.3) is 0 Å². The molecule has 2 bridgehead atoms. The zero-order valence-corrected chi connectivity index (χ0v) is 15.7. The van der Waals surface area contributed by atoms with Crippen molar-refractivity contribution in [1.29, 1.82) is 0 Å². The van der Waals surface area contributed by atoms with Crippen LogP contribution in [0.1, 0.15) is 38.8 Å². The molecule has 1 heterocycles. The van der Waals surface area contributed by atoms with E-state index in [0.717, 1.165) is 17.7 Å². The van der Waals surface area contributed by atoms with E-state index < -0.39 is 6.04 Å². The van der Waals surface area contributed by atoms with Crippen molar-refractivity contribution in [2.75, 3.05) is 7.11 Å². The summed E-state index contributed by atoms with van der Waals surface area (Å²) in [6.45, 7) is 5.87. The standard InChI is InChI=1S/C21H26N2O3/c1-21(2,3)22-19(24)18(12-7-9-15(26-4)10-8-12)23-17-14-6-5-13(11-14)16(17)20(23)25/h5-10,13-14,16-18H,11H2,1-4H3,(H,22,24)/t13-,14+,16+,17-,18+/m1/s1. The van der Waals surface area contributed by atoms with Crippen LogP contribution in [0.2, 0.25) is 0 Å². The quantitative estimate of drug-likeness (QED) is 0.668. The highest BCUT2D eigenvalue weighted by molar-refractivity contribution is 5.95. The number of hydrogen-bond acceptors (Lipinski definition) is 3. The number of hydrogen-bond donors (Lipinski definition) is 1. The topological polar surface area (TPSA) is 58.6 Å². The maximum Gasteiger partial charge on any atom is 0.247 e. The molecule has 1 saturated carbocycles. The molecule has 1 N–H and O–H groups in total. The lowest BCUT2D eigenvalue weighted by Crippen LogP contribution is -2.65. The molecule has 138 valence electrons. The Balaban J connectivity index is 1.67. The molecule has 2 amide bonds. The first kappa shape index (κ1) is 17.1. The number of benzene rings is 1. The molecule has 0 unspecified atom stereocenters. The fourth-order valence-electron chi connectivity index (χ4n) is 4.70. The second-order valence-electron chi connectivity index (χ2n) is 8.63. The molecule has 5 atom stereocenters. The Morgan fingerprint density at radius 1 is 1.19 bits per heavy atom. The van der Waals surface area contributed by atoms with Crippen molar-refractivity contribution in [2.45, 2.75) is 44.8 Å². The molecule has 0 spiro atoms. The summed E-state index contributed by atoms with van der Waals surface area (Å²) in [5, 5.41) is 3.06. The van der Waals surface area contributed by atoms with Gasteiger partial charge in [-0.05, 0) is 56.7 Å². The summed E-state index contributed by atoms with van der Waals surface area (Å²) in [7, 11) is 1.62. The van der Waals surface area contributed by atoms with Crippen molar-refractivity contribution in [3.05, 3.63) is 42.0 Å². The number of rotatable bonds is 4. The van der Waals surface area contributed by atoms with E-state index in [1.54, 1.807) is 7.11 Å². The molecule has 26 heavy (non-hydrogen) atoms. The van der Waals surface area contributed by atoms with Gasteiger partial charge in [-0.2, -0.15) is 0 Å². The van der Waals surface area contributed by atoms with Crippen LogP contribution in [-0.2, 0) is 9.59 Å². The Morgan fingerprint density at radius 3 is 2.46 bits per heavy atom. The summed E-state index contributed by atoms with van der Waals surface area (Å²) in [6, 6.07) is 7.01. The highest BCUT2D eigenvalue weighted by atomic mass is 16.5. The number of amides is 2. The fourth-order valence-corrected chi connectivity index (χ4v) is 4.70. The number of carbonyl (C=O) groups excluding carboxylic acids is 2. The second-order valence-corrected chi connectivity index (χ2v) is 8.63. The maximum absolute atomic E-state index is 13.1. The van der Waals surface area contributed by atoms with E-state index in [-0.39, 0.29) is 29.3 Å². The molecule has 0 aromatic heterocycles. The maximum atomic E-state index is 13.1. The van der Waals surface area contributed by atoms with Crippen LogP contribution in [0.3, 0.4) is 0 Å². The van der Waals surface area contributed by atoms with E-state index in [2.05, 4.69) is 17.5 Å². The Hall–Kier alpha value is -2.30. The molecule has 4 rings (SSSR count). The summed E-state index contributed by atoms with van der Waals surface area (Å²) in [4.78, 5) is 27.9. The van der Waals surface area contributed by atoms with Gasteiger partial charge in [0.15, 0.2) is 0 Å². The van der Waals surface area contributed by atoms with Crippen molar-refractivity contribution in [2.24, 2.45) is 17.8 Å². The number of carbonyl (C=O) groups is 2. The number of likely N-dealkylation sites (tertiary alicyclic amines) is 1. The summed E-state index contributed by atoms with van der Waals surface area (Å²) in [5.41, 5.74) is 0.468. The van der Waals surface area contributed by atoms with Crippen LogP contribution in [0.4, 0.5) is 0 Å². The number of fused-ring (bicyclic) bond motifs is 5. The molecule has 1 aromatic rings. The van der Waals surface area contributed by atoms with Gasteiger partial charge in [0.1, 0.15) is 11.8 Å². The zero-order valence-electron chi connectivity index (χ0n) is 15.7. The smallest absolute Gasteiger partial charge is 0.247 e. The van der Waals surface area contributed by atoms with Crippen LogP contribution >= 0.6 is 0 Å². The van der Waals surface area contributed by atoms with Crippen molar-refractivity contribution >= 4 is 11.8 Å². The third-order valence-corrected chi connectivity index (χ3v) is 5.73. The van der Waals surface area contributed by atoms with Gasteiger partial charge in [-0.1, -0.05) is 24.3 Å². The SMILES string of the molecule is COc1ccc([C@@H](C(=O)NC(C)(C)C)N2C(=O)[C@@H]3[C@H]2[C@H]2C=C[C@@H]3C2)cc1. The van der Waals surface area contributed by atoms with Gasteiger partial charge >= 0.3 is 0 Å². The molecule has 5 nitrogen and oxygen atoms in total. The van der Waals surface area contributed by atoms with Gasteiger partial charge < -0.3 is 15.0 Å². The summed E-state index contributed by atoms with van der Waals surface area (Å²) in [5.74, 6) is 1.52. The summed E-state index contributed by atoms with van der Waals surface area (Å²) >= 11 is 0. The molecule has 1 saturated heterocycles. The van der Waals surface area contributed by atoms with Gasteiger partial charge in [-0.15, -0.1) is 0 Å². The highest BCUT2D eigenvalue weighted by Gasteiger charge is 2.62. The molecule has 0 radical (unpaired) electrons. The van der Waals surface area contributed by atoms with E-state index in [1.807, 2.05) is 49.9 Å². The lowest BCUT2D eigenvalue weighted by atomic mass is 9.77. The fraction of sp³-hybridized carbons (Fsp3) is 0.524. The average molecular weight is 354 g/mol. The van der Waals surface area contributed by atoms with E-state index in [1.165, 1.54) is 0 Å². The first-order valence-corrected chi connectivity index (χ1v) is 9.26. The number of nitrogens with one attached hydrogen (secondary N) is 1. The minimum Gasteiger partial charge on any atom is -0.497 e. The molecule has 3 aliphatic rings. The third kappa shape index (κ3) is 2.61. The van der Waals surface area contributed by atoms with Crippen molar-refractivity contribution in [3.63, 3.8) is 0 Å². The predicted octanol–water partition coefficient (Wildman–Crippen LogP) is 2.68. The van der Waals surface area contributed by atoms with Crippen molar-refractivity contribution in [1.82, 2.24) is 10.2 Å². The van der Waals surface area contributed by atoms with Crippen LogP contribution in [0.15, 0.2) is 36.4 Å². The largest absolute Gasteiger partial charge is 0.497 e. The highest BCUT2D eigenvalue weighted by Crippen LogP contribution is 2.55. The molecule has 5 heteroatoms. The first-order chi connectivity index (χ1) is 12.3. The minimum absolute atomic E-state index is 0.0631. The van der Waals surface area contributed by atoms with Gasteiger partial charge in [-0.3, -0.25) is 9.59 Å². The molecule has 2 aliphatic carbocycles. The van der Waals surface area contributed by atoms with Gasteiger partial charge in [0.2, 0.25) is 11.8 Å². The number of β-lactam (4-membered cyclic amide) rings is 1. The van der Waals surface area contributed by atoms with Gasteiger partial charge in [-0.25, -0.2) is 0 Å². The van der Waals surface area contributed by atoms with Crippen LogP contribution in [0.5, 0.6) is 5.75 Å². The average Bonchev–Trinajstić information content (AvgIpc) is 3.16. The van der Waals surface area contributed by atoms with Crippen molar-refractivity contribution in [3.8, 4) is 5.75 Å². The van der Waals surface area contributed by atoms with Crippen LogP contribution in [-0.4, -0.2) is 35.4 Å². The van der Waals surface area contributed by atoms with Gasteiger partial charge in [0.05, 0.1) is 19.1 Å². The number of ether oxygens (including phenoxy) is 1. The molecule has 2 fully saturated rings. The first-order valence-electron chi connectivity index (χ1n) is 9.26. The molecular formula is C21H26N2O3. The van der Waals surface area contributed by atoms with Gasteiger partial charge in [0.25, 0.3) is 0 Å². The third-order valence-electron chi connectivity index (χ3n) is 5.73. The second kappa shape index (κ2) is 5.86. The Morgan fingerprint density at radius 2 is 1.85 bits per heavy atom. The van der Waals surface area contributed by atoms with E-state index in [4.69, 9.17) is 4.74 Å². The van der Waals surface area contributed by atoms with Crippen LogP contribution < -0.4 is 10.1 Å². The number of allylic oxidation sites excluding steroid dienone is 1. The molecule has 1 aliphatic heterocycles. The number of nitrogens with zero attached hydrogens (tertiary/aromatic N) is 1. The number of methoxy groups -OCH3 is 1. The zero-order chi connectivity index (χ0) is 18.6.